The first-order valence-corrected chi connectivity index (χ1v) is 7.35. The number of carbonyl (C=O) groups is 1. The average Bonchev–Trinajstić information content (AvgIpc) is 2.44. The monoisotopic (exact) mass is 278 g/mol. The van der Waals surface area contributed by atoms with Crippen molar-refractivity contribution in [2.45, 2.75) is 39.2 Å². The van der Waals surface area contributed by atoms with Crippen molar-refractivity contribution < 1.29 is 9.53 Å². The maximum Gasteiger partial charge on any atom is 0.314 e. The number of ether oxygens (including phenoxy) is 1. The van der Waals surface area contributed by atoms with Crippen molar-refractivity contribution in [1.82, 2.24) is 10.6 Å². The highest BCUT2D eigenvalue weighted by molar-refractivity contribution is 5.73. The first-order chi connectivity index (χ1) is 9.68. The van der Waals surface area contributed by atoms with E-state index in [0.717, 1.165) is 19.3 Å². The number of benzene rings is 1. The third kappa shape index (κ3) is 8.53. The lowest BCUT2D eigenvalue weighted by molar-refractivity contribution is 0.0774. The molecule has 0 spiro atoms. The number of urea groups is 1. The molecule has 20 heavy (non-hydrogen) atoms. The van der Waals surface area contributed by atoms with E-state index in [1.54, 1.807) is 0 Å². The number of carbonyl (C=O) groups excluding carboxylic acids is 1. The zero-order valence-corrected chi connectivity index (χ0v) is 12.5. The molecular weight excluding hydrogens is 252 g/mol. The molecule has 0 bridgehead atoms. The van der Waals surface area contributed by atoms with Gasteiger partial charge in [-0.3, -0.25) is 0 Å². The van der Waals surface area contributed by atoms with E-state index in [1.807, 2.05) is 32.0 Å². The molecule has 1 rings (SSSR count). The normalized spacial score (nSPS) is 10.6. The molecule has 0 saturated heterocycles. The highest BCUT2D eigenvalue weighted by atomic mass is 16.5. The van der Waals surface area contributed by atoms with Gasteiger partial charge in [0.1, 0.15) is 0 Å². The molecule has 2 amide bonds. The highest BCUT2D eigenvalue weighted by Gasteiger charge is 1.99. The maximum absolute atomic E-state index is 11.5. The van der Waals surface area contributed by atoms with Gasteiger partial charge in [0.05, 0.1) is 6.10 Å². The molecule has 0 aliphatic rings. The predicted octanol–water partition coefficient (Wildman–Crippen LogP) is 2.73. The van der Waals surface area contributed by atoms with Gasteiger partial charge in [-0.2, -0.15) is 0 Å². The molecule has 1 aromatic rings. The van der Waals surface area contributed by atoms with Gasteiger partial charge < -0.3 is 15.4 Å². The summed E-state index contributed by atoms with van der Waals surface area (Å²) >= 11 is 0. The summed E-state index contributed by atoms with van der Waals surface area (Å²) in [6.45, 7) is 6.05. The molecule has 0 fully saturated rings. The Morgan fingerprint density at radius 3 is 2.40 bits per heavy atom. The Morgan fingerprint density at radius 2 is 1.75 bits per heavy atom. The van der Waals surface area contributed by atoms with Crippen molar-refractivity contribution in [3.05, 3.63) is 35.9 Å². The van der Waals surface area contributed by atoms with Crippen LogP contribution in [0.1, 0.15) is 32.3 Å². The topological polar surface area (TPSA) is 50.4 Å². The van der Waals surface area contributed by atoms with Crippen molar-refractivity contribution in [3.63, 3.8) is 0 Å². The third-order valence-corrected chi connectivity index (χ3v) is 2.83. The summed E-state index contributed by atoms with van der Waals surface area (Å²) < 4.78 is 5.40. The molecule has 0 aliphatic heterocycles. The van der Waals surface area contributed by atoms with Crippen molar-refractivity contribution in [2.24, 2.45) is 0 Å². The fourth-order valence-electron chi connectivity index (χ4n) is 1.79. The molecule has 0 unspecified atom stereocenters. The van der Waals surface area contributed by atoms with E-state index in [9.17, 15) is 4.79 Å². The van der Waals surface area contributed by atoms with Crippen molar-refractivity contribution in [3.8, 4) is 0 Å². The molecule has 2 N–H and O–H groups in total. The Bertz CT molecular complexity index is 366. The van der Waals surface area contributed by atoms with Crippen molar-refractivity contribution >= 4 is 6.03 Å². The predicted molar refractivity (Wildman–Crippen MR) is 81.9 cm³/mol. The van der Waals surface area contributed by atoms with Crippen molar-refractivity contribution in [2.75, 3.05) is 19.7 Å². The van der Waals surface area contributed by atoms with Crippen LogP contribution in [0.25, 0.3) is 0 Å². The van der Waals surface area contributed by atoms with Crippen LogP contribution < -0.4 is 10.6 Å². The summed E-state index contributed by atoms with van der Waals surface area (Å²) in [4.78, 5) is 11.5. The van der Waals surface area contributed by atoms with Crippen LogP contribution in [0.5, 0.6) is 0 Å². The Morgan fingerprint density at radius 1 is 1.10 bits per heavy atom. The second kappa shape index (κ2) is 10.3. The second-order valence-electron chi connectivity index (χ2n) is 5.04. The van der Waals surface area contributed by atoms with Gasteiger partial charge in [0.2, 0.25) is 0 Å². The molecule has 0 atom stereocenters. The fraction of sp³-hybridized carbons (Fsp3) is 0.562. The summed E-state index contributed by atoms with van der Waals surface area (Å²) in [7, 11) is 0. The minimum Gasteiger partial charge on any atom is -0.379 e. The van der Waals surface area contributed by atoms with Crippen molar-refractivity contribution in [1.29, 1.82) is 0 Å². The van der Waals surface area contributed by atoms with E-state index in [4.69, 9.17) is 4.74 Å². The standard InChI is InChI=1S/C16H26N2O2/c1-14(2)20-13-7-12-18-16(19)17-11-6-10-15-8-4-3-5-9-15/h3-5,8-9,14H,6-7,10-13H2,1-2H3,(H2,17,18,19). The van der Waals surface area contributed by atoms with E-state index in [1.165, 1.54) is 5.56 Å². The largest absolute Gasteiger partial charge is 0.379 e. The summed E-state index contributed by atoms with van der Waals surface area (Å²) in [5.41, 5.74) is 1.31. The number of rotatable bonds is 9. The molecule has 0 aromatic heterocycles. The third-order valence-electron chi connectivity index (χ3n) is 2.83. The molecule has 4 nitrogen and oxygen atoms in total. The number of amides is 2. The minimum absolute atomic E-state index is 0.0948. The van der Waals surface area contributed by atoms with Crippen LogP contribution in [0.3, 0.4) is 0 Å². The maximum atomic E-state index is 11.5. The number of nitrogens with one attached hydrogen (secondary N) is 2. The molecule has 1 aromatic carbocycles. The van der Waals surface area contributed by atoms with Gasteiger partial charge in [0.25, 0.3) is 0 Å². The molecule has 0 saturated carbocycles. The van der Waals surface area contributed by atoms with E-state index in [2.05, 4.69) is 22.8 Å². The van der Waals surface area contributed by atoms with Crippen LogP contribution in [0.2, 0.25) is 0 Å². The Kier molecular flexibility index (Phi) is 8.47. The Balaban J connectivity index is 1.95. The molecular formula is C16H26N2O2. The first kappa shape index (κ1) is 16.5. The van der Waals surface area contributed by atoms with Gasteiger partial charge in [0, 0.05) is 19.7 Å². The van der Waals surface area contributed by atoms with Crippen LogP contribution >= 0.6 is 0 Å². The van der Waals surface area contributed by atoms with E-state index in [0.29, 0.717) is 19.7 Å². The van der Waals surface area contributed by atoms with Gasteiger partial charge >= 0.3 is 6.03 Å². The summed E-state index contributed by atoms with van der Waals surface area (Å²) in [5.74, 6) is 0. The molecule has 0 radical (unpaired) electrons. The summed E-state index contributed by atoms with van der Waals surface area (Å²) in [6, 6.07) is 10.2. The Hall–Kier alpha value is -1.55. The van der Waals surface area contributed by atoms with Crippen LogP contribution in [0.15, 0.2) is 30.3 Å². The highest BCUT2D eigenvalue weighted by Crippen LogP contribution is 2.01. The summed E-state index contributed by atoms with van der Waals surface area (Å²) in [6.07, 6.45) is 3.04. The minimum atomic E-state index is -0.0948. The van der Waals surface area contributed by atoms with Gasteiger partial charge in [0.15, 0.2) is 0 Å². The second-order valence-corrected chi connectivity index (χ2v) is 5.04. The van der Waals surface area contributed by atoms with E-state index < -0.39 is 0 Å². The summed E-state index contributed by atoms with van der Waals surface area (Å²) in [5, 5.41) is 5.69. The number of hydrogen-bond acceptors (Lipinski definition) is 2. The van der Waals surface area contributed by atoms with Gasteiger partial charge in [-0.1, -0.05) is 30.3 Å². The molecule has 0 heterocycles. The first-order valence-electron chi connectivity index (χ1n) is 7.35. The zero-order valence-electron chi connectivity index (χ0n) is 12.5. The smallest absolute Gasteiger partial charge is 0.314 e. The van der Waals surface area contributed by atoms with Crippen LogP contribution in [0.4, 0.5) is 4.79 Å². The van der Waals surface area contributed by atoms with E-state index in [-0.39, 0.29) is 12.1 Å². The van der Waals surface area contributed by atoms with Gasteiger partial charge in [-0.15, -0.1) is 0 Å². The molecule has 0 aliphatic carbocycles. The zero-order chi connectivity index (χ0) is 14.6. The van der Waals surface area contributed by atoms with Crippen LogP contribution in [-0.2, 0) is 11.2 Å². The van der Waals surface area contributed by atoms with E-state index >= 15 is 0 Å². The molecule has 4 heteroatoms. The van der Waals surface area contributed by atoms with Crippen LogP contribution in [0, 0.1) is 0 Å². The van der Waals surface area contributed by atoms with Gasteiger partial charge in [-0.05, 0) is 38.7 Å². The SMILES string of the molecule is CC(C)OCCCNC(=O)NCCCc1ccccc1. The van der Waals surface area contributed by atoms with Crippen LogP contribution in [-0.4, -0.2) is 31.8 Å². The average molecular weight is 278 g/mol. The lowest BCUT2D eigenvalue weighted by Gasteiger charge is -2.09. The lowest BCUT2D eigenvalue weighted by atomic mass is 10.1. The Labute approximate surface area is 121 Å². The lowest BCUT2D eigenvalue weighted by Crippen LogP contribution is -2.37. The number of hydrogen-bond donors (Lipinski definition) is 2. The fourth-order valence-corrected chi connectivity index (χ4v) is 1.79. The molecule has 112 valence electrons. The quantitative estimate of drug-likeness (QED) is 0.682. The van der Waals surface area contributed by atoms with Gasteiger partial charge in [-0.25, -0.2) is 4.79 Å². The number of aryl methyl sites for hydroxylation is 1.